The zero-order valence-electron chi connectivity index (χ0n) is 11.7. The molecule has 3 heteroatoms. The van der Waals surface area contributed by atoms with E-state index in [1.165, 1.54) is 31.4 Å². The lowest BCUT2D eigenvalue weighted by Gasteiger charge is -2.10. The summed E-state index contributed by atoms with van der Waals surface area (Å²) in [5.74, 6) is 0. The average Bonchev–Trinajstić information content (AvgIpc) is 2.96. The molecule has 0 spiro atoms. The molecular formula is C16H25NO2. The Bertz CT molecular complexity index is 323. The Labute approximate surface area is 116 Å². The van der Waals surface area contributed by atoms with Crippen LogP contribution in [0, 0.1) is 0 Å². The van der Waals surface area contributed by atoms with Crippen LogP contribution in [0.5, 0.6) is 0 Å². The Kier molecular flexibility index (Phi) is 6.90. The number of nitrogens with zero attached hydrogens (tertiary/aromatic N) is 1. The van der Waals surface area contributed by atoms with E-state index in [2.05, 4.69) is 17.1 Å². The molecule has 1 atom stereocenters. The van der Waals surface area contributed by atoms with Crippen molar-refractivity contribution in [3.63, 3.8) is 0 Å². The van der Waals surface area contributed by atoms with Crippen molar-refractivity contribution in [3.05, 3.63) is 30.1 Å². The van der Waals surface area contributed by atoms with Crippen molar-refractivity contribution >= 4 is 0 Å². The van der Waals surface area contributed by atoms with Gasteiger partial charge in [-0.25, -0.2) is 0 Å². The van der Waals surface area contributed by atoms with E-state index in [0.717, 1.165) is 38.9 Å². The number of hydrogen-bond donors (Lipinski definition) is 0. The SMILES string of the molecule is c1ccc(CCCCCCCOC2CCCO2)nc1. The second-order valence-electron chi connectivity index (χ2n) is 5.15. The fraction of sp³-hybridized carbons (Fsp3) is 0.688. The van der Waals surface area contributed by atoms with Gasteiger partial charge >= 0.3 is 0 Å². The minimum atomic E-state index is 0.0872. The summed E-state index contributed by atoms with van der Waals surface area (Å²) in [6, 6.07) is 6.14. The first-order valence-corrected chi connectivity index (χ1v) is 7.58. The fourth-order valence-electron chi connectivity index (χ4n) is 2.38. The van der Waals surface area contributed by atoms with Crippen molar-refractivity contribution < 1.29 is 9.47 Å². The zero-order valence-corrected chi connectivity index (χ0v) is 11.7. The average molecular weight is 263 g/mol. The number of aromatic nitrogens is 1. The lowest BCUT2D eigenvalue weighted by atomic mass is 10.1. The van der Waals surface area contributed by atoms with Crippen molar-refractivity contribution in [2.75, 3.05) is 13.2 Å². The lowest BCUT2D eigenvalue weighted by molar-refractivity contribution is -0.111. The smallest absolute Gasteiger partial charge is 0.157 e. The summed E-state index contributed by atoms with van der Waals surface area (Å²) in [4.78, 5) is 4.34. The molecular weight excluding hydrogens is 238 g/mol. The van der Waals surface area contributed by atoms with Crippen molar-refractivity contribution in [2.45, 2.75) is 57.7 Å². The lowest BCUT2D eigenvalue weighted by Crippen LogP contribution is -2.11. The van der Waals surface area contributed by atoms with Gasteiger partial charge in [0.2, 0.25) is 0 Å². The van der Waals surface area contributed by atoms with Gasteiger partial charge in [-0.2, -0.15) is 0 Å². The third-order valence-corrected chi connectivity index (χ3v) is 3.50. The van der Waals surface area contributed by atoms with Gasteiger partial charge in [-0.1, -0.05) is 25.3 Å². The van der Waals surface area contributed by atoms with Crippen LogP contribution < -0.4 is 0 Å². The molecule has 1 aliphatic rings. The maximum absolute atomic E-state index is 5.65. The van der Waals surface area contributed by atoms with E-state index < -0.39 is 0 Å². The highest BCUT2D eigenvalue weighted by Crippen LogP contribution is 2.14. The second-order valence-corrected chi connectivity index (χ2v) is 5.15. The van der Waals surface area contributed by atoms with Crippen molar-refractivity contribution in [3.8, 4) is 0 Å². The van der Waals surface area contributed by atoms with Crippen LogP contribution >= 0.6 is 0 Å². The number of ether oxygens (including phenoxy) is 2. The first kappa shape index (κ1) is 14.5. The number of pyridine rings is 1. The molecule has 0 N–H and O–H groups in total. The van der Waals surface area contributed by atoms with Crippen molar-refractivity contribution in [1.82, 2.24) is 4.98 Å². The summed E-state index contributed by atoms with van der Waals surface area (Å²) in [6.45, 7) is 1.73. The molecule has 0 bridgehead atoms. The van der Waals surface area contributed by atoms with Gasteiger partial charge in [-0.05, 0) is 37.8 Å². The molecule has 0 amide bonds. The minimum absolute atomic E-state index is 0.0872. The van der Waals surface area contributed by atoms with Gasteiger partial charge in [0.25, 0.3) is 0 Å². The topological polar surface area (TPSA) is 31.4 Å². The van der Waals surface area contributed by atoms with Crippen LogP contribution in [-0.4, -0.2) is 24.5 Å². The highest BCUT2D eigenvalue weighted by Gasteiger charge is 2.14. The summed E-state index contributed by atoms with van der Waals surface area (Å²) in [7, 11) is 0. The first-order chi connectivity index (χ1) is 9.45. The van der Waals surface area contributed by atoms with E-state index in [4.69, 9.17) is 9.47 Å². The third-order valence-electron chi connectivity index (χ3n) is 3.50. The van der Waals surface area contributed by atoms with Crippen LogP contribution in [0.4, 0.5) is 0 Å². The van der Waals surface area contributed by atoms with Crippen LogP contribution in [0.2, 0.25) is 0 Å². The number of hydrogen-bond acceptors (Lipinski definition) is 3. The predicted molar refractivity (Wildman–Crippen MR) is 76.0 cm³/mol. The van der Waals surface area contributed by atoms with Gasteiger partial charge < -0.3 is 9.47 Å². The van der Waals surface area contributed by atoms with Gasteiger partial charge in [0, 0.05) is 31.5 Å². The summed E-state index contributed by atoms with van der Waals surface area (Å²) in [6.07, 6.45) is 11.5. The Balaban J connectivity index is 1.38. The monoisotopic (exact) mass is 263 g/mol. The molecule has 1 aliphatic heterocycles. The molecule has 106 valence electrons. The zero-order chi connectivity index (χ0) is 13.2. The van der Waals surface area contributed by atoms with E-state index in [0.29, 0.717) is 0 Å². The molecule has 0 aliphatic carbocycles. The Morgan fingerprint density at radius 2 is 2.05 bits per heavy atom. The van der Waals surface area contributed by atoms with E-state index in [1.807, 2.05) is 12.3 Å². The molecule has 1 fully saturated rings. The normalized spacial score (nSPS) is 18.8. The van der Waals surface area contributed by atoms with Gasteiger partial charge in [0.15, 0.2) is 6.29 Å². The molecule has 2 rings (SSSR count). The molecule has 19 heavy (non-hydrogen) atoms. The molecule has 3 nitrogen and oxygen atoms in total. The summed E-state index contributed by atoms with van der Waals surface area (Å²) in [5.41, 5.74) is 1.21. The highest BCUT2D eigenvalue weighted by atomic mass is 16.7. The Hall–Kier alpha value is -0.930. The van der Waals surface area contributed by atoms with E-state index in [1.54, 1.807) is 0 Å². The van der Waals surface area contributed by atoms with Gasteiger partial charge in [-0.15, -0.1) is 0 Å². The Morgan fingerprint density at radius 3 is 2.84 bits per heavy atom. The van der Waals surface area contributed by atoms with Gasteiger partial charge in [-0.3, -0.25) is 4.98 Å². The van der Waals surface area contributed by atoms with Gasteiger partial charge in [0.1, 0.15) is 0 Å². The van der Waals surface area contributed by atoms with Crippen molar-refractivity contribution in [2.24, 2.45) is 0 Å². The quantitative estimate of drug-likeness (QED) is 0.636. The molecule has 1 saturated heterocycles. The summed E-state index contributed by atoms with van der Waals surface area (Å²) >= 11 is 0. The van der Waals surface area contributed by atoms with Crippen LogP contribution in [0.1, 0.15) is 50.6 Å². The molecule has 1 unspecified atom stereocenters. The summed E-state index contributed by atoms with van der Waals surface area (Å²) < 4.78 is 11.1. The molecule has 0 aromatic carbocycles. The Morgan fingerprint density at radius 1 is 1.16 bits per heavy atom. The molecule has 1 aromatic rings. The number of rotatable bonds is 9. The maximum Gasteiger partial charge on any atom is 0.157 e. The first-order valence-electron chi connectivity index (χ1n) is 7.58. The summed E-state index contributed by atoms with van der Waals surface area (Å²) in [5, 5.41) is 0. The molecule has 2 heterocycles. The van der Waals surface area contributed by atoms with Crippen LogP contribution in [0.3, 0.4) is 0 Å². The number of aryl methyl sites for hydroxylation is 1. The van der Waals surface area contributed by atoms with E-state index in [9.17, 15) is 0 Å². The maximum atomic E-state index is 5.65. The van der Waals surface area contributed by atoms with Crippen LogP contribution in [-0.2, 0) is 15.9 Å². The second kappa shape index (κ2) is 9.05. The molecule has 0 saturated carbocycles. The fourth-order valence-corrected chi connectivity index (χ4v) is 2.38. The van der Waals surface area contributed by atoms with Crippen LogP contribution in [0.15, 0.2) is 24.4 Å². The van der Waals surface area contributed by atoms with Gasteiger partial charge in [0.05, 0.1) is 0 Å². The highest BCUT2D eigenvalue weighted by molar-refractivity contribution is 5.03. The van der Waals surface area contributed by atoms with Crippen LogP contribution in [0.25, 0.3) is 0 Å². The standard InChI is InChI=1S/C16H25NO2/c1(2-4-9-15-10-5-6-12-17-15)3-7-13-18-16-11-8-14-19-16/h5-6,10,12,16H,1-4,7-9,11,13-14H2. The molecule has 0 radical (unpaired) electrons. The number of unbranched alkanes of at least 4 members (excludes halogenated alkanes) is 4. The molecule has 1 aromatic heterocycles. The predicted octanol–water partition coefficient (Wildman–Crippen LogP) is 3.73. The van der Waals surface area contributed by atoms with E-state index in [-0.39, 0.29) is 6.29 Å². The third kappa shape index (κ3) is 6.17. The van der Waals surface area contributed by atoms with E-state index >= 15 is 0 Å². The van der Waals surface area contributed by atoms with Crippen molar-refractivity contribution in [1.29, 1.82) is 0 Å². The largest absolute Gasteiger partial charge is 0.353 e. The minimum Gasteiger partial charge on any atom is -0.353 e.